The quantitative estimate of drug-likeness (QED) is 0.775. The van der Waals surface area contributed by atoms with Crippen molar-refractivity contribution in [1.29, 1.82) is 0 Å². The van der Waals surface area contributed by atoms with Gasteiger partial charge in [-0.25, -0.2) is 4.68 Å². The lowest BCUT2D eigenvalue weighted by atomic mass is 9.92. The van der Waals surface area contributed by atoms with Gasteiger partial charge in [0, 0.05) is 24.9 Å². The van der Waals surface area contributed by atoms with E-state index in [1.165, 1.54) is 5.56 Å². The van der Waals surface area contributed by atoms with Crippen LogP contribution in [0.1, 0.15) is 30.1 Å². The molecule has 0 radical (unpaired) electrons. The van der Waals surface area contributed by atoms with Crippen molar-refractivity contribution in [3.8, 4) is 0 Å². The van der Waals surface area contributed by atoms with E-state index in [1.54, 1.807) is 0 Å². The van der Waals surface area contributed by atoms with Crippen LogP contribution < -0.4 is 5.73 Å². The molecule has 1 atom stereocenters. The number of nitrogens with two attached hydrogens (primary N) is 1. The van der Waals surface area contributed by atoms with E-state index in [2.05, 4.69) is 15.1 Å². The van der Waals surface area contributed by atoms with Gasteiger partial charge in [0.25, 0.3) is 0 Å². The maximum absolute atomic E-state index is 5.64. The highest BCUT2D eigenvalue weighted by Gasteiger charge is 2.24. The predicted molar refractivity (Wildman–Crippen MR) is 59.7 cm³/mol. The SMILES string of the molecule is Nc1nc2n(n1)CCCC2c1ccncc1. The molecule has 5 heteroatoms. The molecule has 3 rings (SSSR count). The van der Waals surface area contributed by atoms with Gasteiger partial charge in [0.15, 0.2) is 0 Å². The third-order valence-electron chi connectivity index (χ3n) is 3.00. The van der Waals surface area contributed by atoms with E-state index in [4.69, 9.17) is 5.73 Å². The van der Waals surface area contributed by atoms with E-state index in [1.807, 2.05) is 29.2 Å². The summed E-state index contributed by atoms with van der Waals surface area (Å²) in [4.78, 5) is 8.35. The van der Waals surface area contributed by atoms with E-state index in [-0.39, 0.29) is 0 Å². The second kappa shape index (κ2) is 3.59. The van der Waals surface area contributed by atoms with Gasteiger partial charge in [-0.1, -0.05) is 0 Å². The maximum Gasteiger partial charge on any atom is 0.239 e. The van der Waals surface area contributed by atoms with E-state index in [0.717, 1.165) is 25.2 Å². The topological polar surface area (TPSA) is 69.6 Å². The van der Waals surface area contributed by atoms with Crippen molar-refractivity contribution in [2.75, 3.05) is 5.73 Å². The Hall–Kier alpha value is -1.91. The van der Waals surface area contributed by atoms with Gasteiger partial charge in [0.1, 0.15) is 5.82 Å². The van der Waals surface area contributed by atoms with Crippen molar-refractivity contribution < 1.29 is 0 Å². The van der Waals surface area contributed by atoms with Crippen molar-refractivity contribution in [3.05, 3.63) is 35.9 Å². The van der Waals surface area contributed by atoms with Crippen LogP contribution in [0, 0.1) is 0 Å². The number of aromatic nitrogens is 4. The number of pyridine rings is 1. The average Bonchev–Trinajstić information content (AvgIpc) is 2.70. The normalized spacial score (nSPS) is 19.4. The molecule has 2 aromatic heterocycles. The molecule has 0 aromatic carbocycles. The Labute approximate surface area is 93.3 Å². The maximum atomic E-state index is 5.64. The number of rotatable bonds is 1. The summed E-state index contributed by atoms with van der Waals surface area (Å²) in [5.41, 5.74) is 6.88. The monoisotopic (exact) mass is 215 g/mol. The molecule has 0 saturated heterocycles. The minimum absolute atomic E-state index is 0.307. The summed E-state index contributed by atoms with van der Waals surface area (Å²) >= 11 is 0. The number of hydrogen-bond donors (Lipinski definition) is 1. The van der Waals surface area contributed by atoms with Gasteiger partial charge >= 0.3 is 0 Å². The van der Waals surface area contributed by atoms with Gasteiger partial charge in [-0.3, -0.25) is 4.98 Å². The Morgan fingerprint density at radius 3 is 2.94 bits per heavy atom. The zero-order valence-corrected chi connectivity index (χ0v) is 8.87. The zero-order valence-electron chi connectivity index (χ0n) is 8.87. The summed E-state index contributed by atoms with van der Waals surface area (Å²) in [5.74, 6) is 1.66. The molecule has 1 aliphatic heterocycles. The lowest BCUT2D eigenvalue weighted by Gasteiger charge is -2.21. The third-order valence-corrected chi connectivity index (χ3v) is 3.00. The van der Waals surface area contributed by atoms with E-state index < -0.39 is 0 Å². The summed E-state index contributed by atoms with van der Waals surface area (Å²) in [5, 5.41) is 4.19. The molecule has 0 bridgehead atoms. The van der Waals surface area contributed by atoms with Crippen LogP contribution in [0.5, 0.6) is 0 Å². The van der Waals surface area contributed by atoms with Gasteiger partial charge in [-0.2, -0.15) is 4.98 Å². The third kappa shape index (κ3) is 1.44. The fraction of sp³-hybridized carbons (Fsp3) is 0.364. The van der Waals surface area contributed by atoms with Crippen LogP contribution in [0.4, 0.5) is 5.95 Å². The van der Waals surface area contributed by atoms with Crippen LogP contribution in [0.3, 0.4) is 0 Å². The number of nitrogen functional groups attached to an aromatic ring is 1. The molecule has 0 aliphatic carbocycles. The van der Waals surface area contributed by atoms with E-state index in [9.17, 15) is 0 Å². The average molecular weight is 215 g/mol. The zero-order chi connectivity index (χ0) is 11.0. The van der Waals surface area contributed by atoms with Crippen molar-refractivity contribution in [2.24, 2.45) is 0 Å². The molecule has 0 amide bonds. The standard InChI is InChI=1S/C11H13N5/c12-11-14-10-9(2-1-7-16(10)15-11)8-3-5-13-6-4-8/h3-6,9H,1-2,7H2,(H2,12,15). The van der Waals surface area contributed by atoms with Crippen LogP contribution >= 0.6 is 0 Å². The first-order chi connectivity index (χ1) is 7.84. The fourth-order valence-electron chi connectivity index (χ4n) is 2.28. The summed E-state index contributed by atoms with van der Waals surface area (Å²) in [6.07, 6.45) is 5.84. The van der Waals surface area contributed by atoms with Gasteiger partial charge < -0.3 is 5.73 Å². The van der Waals surface area contributed by atoms with Crippen molar-refractivity contribution in [2.45, 2.75) is 25.3 Å². The number of hydrogen-bond acceptors (Lipinski definition) is 4. The molecule has 2 N–H and O–H groups in total. The molecule has 1 unspecified atom stereocenters. The molecule has 0 spiro atoms. The second-order valence-electron chi connectivity index (χ2n) is 4.03. The van der Waals surface area contributed by atoms with Crippen molar-refractivity contribution in [1.82, 2.24) is 19.7 Å². The smallest absolute Gasteiger partial charge is 0.239 e. The van der Waals surface area contributed by atoms with Crippen LogP contribution in [0.2, 0.25) is 0 Å². The highest BCUT2D eigenvalue weighted by atomic mass is 15.4. The van der Waals surface area contributed by atoms with E-state index in [0.29, 0.717) is 11.9 Å². The van der Waals surface area contributed by atoms with Crippen LogP contribution in [0.15, 0.2) is 24.5 Å². The number of fused-ring (bicyclic) bond motifs is 1. The fourth-order valence-corrected chi connectivity index (χ4v) is 2.28. The molecular weight excluding hydrogens is 202 g/mol. The van der Waals surface area contributed by atoms with Crippen LogP contribution in [-0.2, 0) is 6.54 Å². The highest BCUT2D eigenvalue weighted by molar-refractivity contribution is 5.27. The molecular formula is C11H13N5. The van der Waals surface area contributed by atoms with Crippen molar-refractivity contribution in [3.63, 3.8) is 0 Å². The number of aryl methyl sites for hydroxylation is 1. The molecule has 5 nitrogen and oxygen atoms in total. The lowest BCUT2D eigenvalue weighted by molar-refractivity contribution is 0.446. The Morgan fingerprint density at radius 1 is 1.31 bits per heavy atom. The Morgan fingerprint density at radius 2 is 2.12 bits per heavy atom. The summed E-state index contributed by atoms with van der Waals surface area (Å²) in [7, 11) is 0. The van der Waals surface area contributed by atoms with Crippen LogP contribution in [-0.4, -0.2) is 19.7 Å². The second-order valence-corrected chi connectivity index (χ2v) is 4.03. The molecule has 3 heterocycles. The first kappa shape index (κ1) is 9.33. The van der Waals surface area contributed by atoms with Crippen molar-refractivity contribution >= 4 is 5.95 Å². The Balaban J connectivity index is 2.05. The minimum Gasteiger partial charge on any atom is -0.366 e. The van der Waals surface area contributed by atoms with Crippen LogP contribution in [0.25, 0.3) is 0 Å². The van der Waals surface area contributed by atoms with Gasteiger partial charge in [0.2, 0.25) is 5.95 Å². The molecule has 1 aliphatic rings. The Bertz CT molecular complexity index is 490. The van der Waals surface area contributed by atoms with Gasteiger partial charge in [-0.05, 0) is 30.5 Å². The van der Waals surface area contributed by atoms with E-state index >= 15 is 0 Å². The molecule has 2 aromatic rings. The largest absolute Gasteiger partial charge is 0.366 e. The number of nitrogens with zero attached hydrogens (tertiary/aromatic N) is 4. The van der Waals surface area contributed by atoms with Gasteiger partial charge in [0.05, 0.1) is 0 Å². The highest BCUT2D eigenvalue weighted by Crippen LogP contribution is 2.31. The minimum atomic E-state index is 0.307. The number of anilines is 1. The molecule has 16 heavy (non-hydrogen) atoms. The first-order valence-corrected chi connectivity index (χ1v) is 5.45. The predicted octanol–water partition coefficient (Wildman–Crippen LogP) is 1.18. The summed E-state index contributed by atoms with van der Waals surface area (Å²) in [6, 6.07) is 4.07. The first-order valence-electron chi connectivity index (χ1n) is 5.45. The summed E-state index contributed by atoms with van der Waals surface area (Å²) < 4.78 is 1.92. The summed E-state index contributed by atoms with van der Waals surface area (Å²) in [6.45, 7) is 0.918. The molecule has 0 fully saturated rings. The lowest BCUT2D eigenvalue weighted by Crippen LogP contribution is -2.17. The van der Waals surface area contributed by atoms with Gasteiger partial charge in [-0.15, -0.1) is 5.10 Å². The molecule has 82 valence electrons. The molecule has 0 saturated carbocycles. The Kier molecular flexibility index (Phi) is 2.09.